The predicted molar refractivity (Wildman–Crippen MR) is 146 cm³/mol. The minimum Gasteiger partial charge on any atom is -0.444 e. The molecule has 0 aliphatic carbocycles. The fraction of sp³-hybridized carbons (Fsp3) is 0.310. The number of anilines is 3. The number of hydrogen-bond donors (Lipinski definition) is 1. The molecule has 9 heteroatoms. The maximum absolute atomic E-state index is 13.6. The quantitative estimate of drug-likeness (QED) is 0.465. The molecule has 198 valence electrons. The van der Waals surface area contributed by atoms with Crippen molar-refractivity contribution < 1.29 is 19.1 Å². The summed E-state index contributed by atoms with van der Waals surface area (Å²) in [6.07, 6.45) is -0.591. The molecule has 0 fully saturated rings. The fourth-order valence-electron chi connectivity index (χ4n) is 4.03. The molecule has 1 aliphatic heterocycles. The Bertz CT molecular complexity index is 1310. The van der Waals surface area contributed by atoms with Crippen LogP contribution < -0.4 is 10.2 Å². The van der Waals surface area contributed by atoms with Gasteiger partial charge >= 0.3 is 12.1 Å². The number of benzene rings is 2. The second-order valence-corrected chi connectivity index (χ2v) is 10.2. The van der Waals surface area contributed by atoms with Crippen LogP contribution in [0.3, 0.4) is 0 Å². The maximum atomic E-state index is 13.6. The van der Waals surface area contributed by atoms with E-state index in [1.54, 1.807) is 49.6 Å². The summed E-state index contributed by atoms with van der Waals surface area (Å²) in [5, 5.41) is 2.80. The highest BCUT2D eigenvalue weighted by Crippen LogP contribution is 2.35. The van der Waals surface area contributed by atoms with Crippen LogP contribution in [0.25, 0.3) is 0 Å². The molecule has 0 unspecified atom stereocenters. The predicted octanol–water partition coefficient (Wildman–Crippen LogP) is 5.55. The molecular weight excluding hydrogens is 482 g/mol. The standard InChI is InChI=1S/C29H33N5O4/c1-20(32(5)28(37)38-29(2,3)4)26(35)31-25-17-16-24-23(30-25)19-33(18-21-12-8-6-9-13-21)27(36)34(24)22-14-10-7-11-15-22/h6-17,20H,18-19H2,1-5H3,(H,30,31,35)/t20-/m0/s1. The second-order valence-electron chi connectivity index (χ2n) is 10.2. The van der Waals surface area contributed by atoms with E-state index < -0.39 is 23.6 Å². The van der Waals surface area contributed by atoms with Crippen molar-refractivity contribution in [1.82, 2.24) is 14.8 Å². The number of carbonyl (C=O) groups excluding carboxylic acids is 3. The molecule has 2 aromatic carbocycles. The number of nitrogens with zero attached hydrogens (tertiary/aromatic N) is 4. The number of nitrogens with one attached hydrogen (secondary N) is 1. The van der Waals surface area contributed by atoms with Crippen molar-refractivity contribution in [3.63, 3.8) is 0 Å². The molecule has 0 bridgehead atoms. The van der Waals surface area contributed by atoms with Gasteiger partial charge in [-0.25, -0.2) is 14.6 Å². The van der Waals surface area contributed by atoms with Crippen molar-refractivity contribution in [1.29, 1.82) is 0 Å². The third kappa shape index (κ3) is 6.11. The van der Waals surface area contributed by atoms with Gasteiger partial charge in [0.2, 0.25) is 5.91 Å². The Hall–Kier alpha value is -4.40. The Balaban J connectivity index is 1.58. The topological polar surface area (TPSA) is 95.1 Å². The molecule has 4 rings (SSSR count). The normalized spacial score (nSPS) is 14.0. The first-order chi connectivity index (χ1) is 18.0. The zero-order valence-corrected chi connectivity index (χ0v) is 22.3. The number of aromatic nitrogens is 1. The molecule has 1 aliphatic rings. The van der Waals surface area contributed by atoms with Gasteiger partial charge in [0, 0.05) is 13.6 Å². The summed E-state index contributed by atoms with van der Waals surface area (Å²) in [5.74, 6) is -0.0704. The van der Waals surface area contributed by atoms with Gasteiger partial charge in [0.05, 0.1) is 23.6 Å². The molecule has 0 saturated heterocycles. The van der Waals surface area contributed by atoms with Crippen LogP contribution in [0, 0.1) is 0 Å². The molecule has 3 aromatic rings. The fourth-order valence-corrected chi connectivity index (χ4v) is 4.03. The van der Waals surface area contributed by atoms with Gasteiger partial charge in [-0.15, -0.1) is 0 Å². The van der Waals surface area contributed by atoms with Crippen molar-refractivity contribution in [3.05, 3.63) is 84.1 Å². The first-order valence-electron chi connectivity index (χ1n) is 12.5. The van der Waals surface area contributed by atoms with Crippen LogP contribution in [0.15, 0.2) is 72.8 Å². The van der Waals surface area contributed by atoms with Crippen LogP contribution in [-0.2, 0) is 22.6 Å². The monoisotopic (exact) mass is 515 g/mol. The molecule has 38 heavy (non-hydrogen) atoms. The van der Waals surface area contributed by atoms with Gasteiger partial charge in [0.15, 0.2) is 0 Å². The van der Waals surface area contributed by atoms with Crippen molar-refractivity contribution in [2.24, 2.45) is 0 Å². The van der Waals surface area contributed by atoms with E-state index in [-0.39, 0.29) is 12.6 Å². The highest BCUT2D eigenvalue weighted by atomic mass is 16.6. The number of urea groups is 1. The number of fused-ring (bicyclic) bond motifs is 1. The van der Waals surface area contributed by atoms with Crippen molar-refractivity contribution in [3.8, 4) is 0 Å². The first-order valence-corrected chi connectivity index (χ1v) is 12.5. The highest BCUT2D eigenvalue weighted by Gasteiger charge is 2.33. The number of amides is 4. The number of ether oxygens (including phenoxy) is 1. The van der Waals surface area contributed by atoms with E-state index in [9.17, 15) is 14.4 Å². The number of carbonyl (C=O) groups is 3. The minimum atomic E-state index is -0.792. The van der Waals surface area contributed by atoms with Crippen LogP contribution >= 0.6 is 0 Å². The van der Waals surface area contributed by atoms with Crippen molar-refractivity contribution >= 4 is 35.2 Å². The summed E-state index contributed by atoms with van der Waals surface area (Å²) < 4.78 is 5.37. The smallest absolute Gasteiger partial charge is 0.410 e. The van der Waals surface area contributed by atoms with Crippen LogP contribution in [-0.4, -0.2) is 51.5 Å². The van der Waals surface area contributed by atoms with E-state index in [0.717, 1.165) is 11.3 Å². The van der Waals surface area contributed by atoms with E-state index in [2.05, 4.69) is 5.32 Å². The molecule has 1 N–H and O–H groups in total. The van der Waals surface area contributed by atoms with Crippen molar-refractivity contribution in [2.45, 2.75) is 52.4 Å². The summed E-state index contributed by atoms with van der Waals surface area (Å²) in [6.45, 7) is 7.62. The molecule has 0 spiro atoms. The van der Waals surface area contributed by atoms with Crippen LogP contribution in [0.2, 0.25) is 0 Å². The number of rotatable bonds is 6. The van der Waals surface area contributed by atoms with Gasteiger partial charge in [0.1, 0.15) is 17.5 Å². The average molecular weight is 516 g/mol. The van der Waals surface area contributed by atoms with Crippen LogP contribution in [0.5, 0.6) is 0 Å². The Morgan fingerprint density at radius 2 is 1.66 bits per heavy atom. The summed E-state index contributed by atoms with van der Waals surface area (Å²) in [4.78, 5) is 48.3. The maximum Gasteiger partial charge on any atom is 0.410 e. The summed E-state index contributed by atoms with van der Waals surface area (Å²) in [6, 6.07) is 21.7. The third-order valence-electron chi connectivity index (χ3n) is 6.12. The summed E-state index contributed by atoms with van der Waals surface area (Å²) >= 11 is 0. The largest absolute Gasteiger partial charge is 0.444 e. The summed E-state index contributed by atoms with van der Waals surface area (Å²) in [7, 11) is 1.52. The third-order valence-corrected chi connectivity index (χ3v) is 6.12. The van der Waals surface area contributed by atoms with Gasteiger partial charge in [-0.3, -0.25) is 14.6 Å². The Morgan fingerprint density at radius 1 is 1.03 bits per heavy atom. The summed E-state index contributed by atoms with van der Waals surface area (Å²) in [5.41, 5.74) is 2.36. The lowest BCUT2D eigenvalue weighted by Crippen LogP contribution is -2.46. The van der Waals surface area contributed by atoms with E-state index in [1.165, 1.54) is 11.9 Å². The number of hydrogen-bond acceptors (Lipinski definition) is 5. The lowest BCUT2D eigenvalue weighted by molar-refractivity contribution is -0.120. The Labute approximate surface area is 223 Å². The SMILES string of the molecule is C[C@@H](C(=O)Nc1ccc2c(n1)CN(Cc1ccccc1)C(=O)N2c1ccccc1)N(C)C(=O)OC(C)(C)C. The van der Waals surface area contributed by atoms with Crippen molar-refractivity contribution in [2.75, 3.05) is 17.3 Å². The van der Waals surface area contributed by atoms with E-state index >= 15 is 0 Å². The first kappa shape index (κ1) is 26.7. The van der Waals surface area contributed by atoms with Gasteiger partial charge in [-0.2, -0.15) is 0 Å². The van der Waals surface area contributed by atoms with Gasteiger partial charge < -0.3 is 15.0 Å². The van der Waals surface area contributed by atoms with Gasteiger partial charge in [-0.1, -0.05) is 48.5 Å². The van der Waals surface area contributed by atoms with E-state index in [0.29, 0.717) is 23.7 Å². The Morgan fingerprint density at radius 3 is 2.29 bits per heavy atom. The number of pyridine rings is 1. The Kier molecular flexibility index (Phi) is 7.66. The molecule has 9 nitrogen and oxygen atoms in total. The van der Waals surface area contributed by atoms with Gasteiger partial charge in [-0.05, 0) is 57.5 Å². The zero-order valence-electron chi connectivity index (χ0n) is 22.3. The van der Waals surface area contributed by atoms with Gasteiger partial charge in [0.25, 0.3) is 0 Å². The zero-order chi connectivity index (χ0) is 27.4. The molecule has 1 aromatic heterocycles. The molecule has 0 radical (unpaired) electrons. The van der Waals surface area contributed by atoms with E-state index in [4.69, 9.17) is 9.72 Å². The lowest BCUT2D eigenvalue weighted by Gasteiger charge is -2.36. The molecule has 1 atom stereocenters. The molecule has 4 amide bonds. The second kappa shape index (κ2) is 10.9. The highest BCUT2D eigenvalue weighted by molar-refractivity contribution is 6.02. The number of likely N-dealkylation sites (N-methyl/N-ethyl adjacent to an activating group) is 1. The van der Waals surface area contributed by atoms with Crippen LogP contribution in [0.4, 0.5) is 26.8 Å². The number of para-hydroxylation sites is 1. The molecule has 0 saturated carbocycles. The lowest BCUT2D eigenvalue weighted by atomic mass is 10.1. The molecular formula is C29H33N5O4. The van der Waals surface area contributed by atoms with E-state index in [1.807, 2.05) is 60.7 Å². The minimum absolute atomic E-state index is 0.154. The average Bonchev–Trinajstić information content (AvgIpc) is 2.88. The van der Waals surface area contributed by atoms with Crippen LogP contribution in [0.1, 0.15) is 39.0 Å². The molecule has 2 heterocycles.